The van der Waals surface area contributed by atoms with Gasteiger partial charge in [0.05, 0.1) is 65.8 Å². The third-order valence-corrected chi connectivity index (χ3v) is 7.05. The van der Waals surface area contributed by atoms with E-state index >= 15 is 0 Å². The molecule has 22 heteroatoms. The number of Topliss-reactive ketones (excluding diaryl/α,β-unsaturated/α-hetero) is 2. The number of carboxylic acids is 1. The van der Waals surface area contributed by atoms with Gasteiger partial charge in [-0.3, -0.25) is 19.2 Å². The summed E-state index contributed by atoms with van der Waals surface area (Å²) in [6, 6.07) is 0. The molecule has 10 N–H and O–H groups in total. The number of anilines is 1. The van der Waals surface area contributed by atoms with Crippen LogP contribution in [0.4, 0.5) is 5.82 Å². The topological polar surface area (TPSA) is 324 Å². The summed E-state index contributed by atoms with van der Waals surface area (Å²) in [5, 5.41) is 12.6. The number of carboxylic acid groups (broad SMARTS) is 1. The number of carbonyl (C=O) groups is 5. The number of ketones is 2. The number of nitrogens with zero attached hydrogens (tertiary/aromatic N) is 5. The molecule has 22 nitrogen and oxygen atoms in total. The van der Waals surface area contributed by atoms with Crippen molar-refractivity contribution in [1.82, 2.24) is 29.7 Å². The summed E-state index contributed by atoms with van der Waals surface area (Å²) in [5.41, 5.74) is 19.9. The minimum atomic E-state index is -2.92. The normalized spacial score (nSPS) is 11.5. The second-order valence-electron chi connectivity index (χ2n) is 10.8. The van der Waals surface area contributed by atoms with E-state index in [0.717, 1.165) is 0 Å². The molecule has 292 valence electrons. The predicted molar refractivity (Wildman–Crippen MR) is 181 cm³/mol. The van der Waals surface area contributed by atoms with Crippen molar-refractivity contribution in [3.8, 4) is 11.5 Å². The maximum atomic E-state index is 13.0. The molecule has 0 bridgehead atoms. The molecule has 0 atom stereocenters. The van der Waals surface area contributed by atoms with Crippen molar-refractivity contribution >= 4 is 35.2 Å². The molecule has 2 amide bonds. The number of imidazole rings is 1. The van der Waals surface area contributed by atoms with E-state index in [0.29, 0.717) is 11.5 Å². The first-order valence-electron chi connectivity index (χ1n) is 16.5. The van der Waals surface area contributed by atoms with Crippen molar-refractivity contribution in [2.75, 3.05) is 118 Å². The van der Waals surface area contributed by atoms with Crippen LogP contribution in [-0.2, 0) is 58.9 Å². The summed E-state index contributed by atoms with van der Waals surface area (Å²) < 4.78 is 32.9. The van der Waals surface area contributed by atoms with Crippen LogP contribution >= 0.6 is 0 Å². The van der Waals surface area contributed by atoms with Crippen LogP contribution < -0.4 is 28.3 Å². The molecule has 0 aromatic heterocycles. The number of ether oxygens (including phenoxy) is 6. The zero-order valence-electron chi connectivity index (χ0n) is 29.1. The highest BCUT2D eigenvalue weighted by molar-refractivity contribution is 6.26. The van der Waals surface area contributed by atoms with Crippen molar-refractivity contribution < 1.29 is 57.5 Å². The maximum absolute atomic E-state index is 13.0. The third kappa shape index (κ3) is 14.4. The lowest BCUT2D eigenvalue weighted by molar-refractivity contribution is -0.182. The lowest BCUT2D eigenvalue weighted by Gasteiger charge is -2.27. The Hall–Kier alpha value is -4.26. The smallest absolute Gasteiger partial charge is 0.352 e. The van der Waals surface area contributed by atoms with Crippen LogP contribution in [0.15, 0.2) is 12.7 Å². The van der Waals surface area contributed by atoms with Crippen LogP contribution in [0.2, 0.25) is 0 Å². The monoisotopic (exact) mass is 742 g/mol. The number of hydrogen-bond acceptors (Lipinski definition) is 18. The number of nitrogens with one attached hydrogen (secondary N) is 1. The molecule has 0 aromatic rings. The fourth-order valence-corrected chi connectivity index (χ4v) is 4.45. The van der Waals surface area contributed by atoms with Crippen LogP contribution in [0.3, 0.4) is 0 Å². The van der Waals surface area contributed by atoms with Gasteiger partial charge in [0.15, 0.2) is 5.82 Å². The number of nitrogens with two attached hydrogens (primary N) is 4. The van der Waals surface area contributed by atoms with Crippen molar-refractivity contribution in [1.29, 1.82) is 0 Å². The van der Waals surface area contributed by atoms with Gasteiger partial charge < -0.3 is 71.2 Å². The van der Waals surface area contributed by atoms with Crippen LogP contribution in [0.25, 0.3) is 11.5 Å². The lowest BCUT2D eigenvalue weighted by atomic mass is 9.93. The van der Waals surface area contributed by atoms with Crippen molar-refractivity contribution in [2.45, 2.75) is 18.6 Å². The minimum Gasteiger partial charge on any atom is -0.478 e. The van der Waals surface area contributed by atoms with Gasteiger partial charge in [0.25, 0.3) is 5.60 Å². The SMILES string of the molecule is NCCOCCOCC(=O)C(OCCOCCNC(=O)CCN(CCN)C(=O)Cn1cnc2ncnc-2c1N)(C(=O)O)C(=O)COCCOCCN. The number of carbonyl (C=O) groups excluding carboxylic acids is 4. The summed E-state index contributed by atoms with van der Waals surface area (Å²) >= 11 is 0. The van der Waals surface area contributed by atoms with Crippen molar-refractivity contribution in [3.63, 3.8) is 0 Å². The van der Waals surface area contributed by atoms with Gasteiger partial charge in [0.1, 0.15) is 37.6 Å². The molecule has 0 fully saturated rings. The van der Waals surface area contributed by atoms with E-state index in [1.165, 1.54) is 22.1 Å². The summed E-state index contributed by atoms with van der Waals surface area (Å²) in [6.45, 7) is -0.707. The van der Waals surface area contributed by atoms with Crippen LogP contribution in [0.5, 0.6) is 0 Å². The minimum absolute atomic E-state index is 0.0175. The first-order chi connectivity index (χ1) is 25.1. The first-order valence-corrected chi connectivity index (χ1v) is 16.5. The number of hydrogen-bond donors (Lipinski definition) is 6. The largest absolute Gasteiger partial charge is 0.478 e. The molecule has 0 saturated carbocycles. The molecule has 0 spiro atoms. The van der Waals surface area contributed by atoms with Crippen LogP contribution in [-0.4, -0.2) is 176 Å². The molecule has 0 saturated heterocycles. The second-order valence-corrected chi connectivity index (χ2v) is 10.8. The van der Waals surface area contributed by atoms with Gasteiger partial charge in [0, 0.05) is 45.7 Å². The van der Waals surface area contributed by atoms with Gasteiger partial charge >= 0.3 is 5.97 Å². The van der Waals surface area contributed by atoms with E-state index in [2.05, 4.69) is 20.3 Å². The number of amides is 2. The van der Waals surface area contributed by atoms with E-state index in [1.54, 1.807) is 0 Å². The quantitative estimate of drug-likeness (QED) is 0.0314. The van der Waals surface area contributed by atoms with Gasteiger partial charge in [-0.15, -0.1) is 0 Å². The summed E-state index contributed by atoms with van der Waals surface area (Å²) in [5.74, 6) is -4.29. The molecule has 0 aromatic carbocycles. The fraction of sp³-hybridized carbons (Fsp3) is 0.667. The maximum Gasteiger partial charge on any atom is 0.352 e. The molecule has 0 unspecified atom stereocenters. The van der Waals surface area contributed by atoms with Gasteiger partial charge in [-0.1, -0.05) is 0 Å². The van der Waals surface area contributed by atoms with E-state index in [1.807, 2.05) is 0 Å². The number of fused-ring (bicyclic) bond motifs is 1. The highest BCUT2D eigenvalue weighted by Crippen LogP contribution is 2.21. The molecule has 0 aliphatic carbocycles. The zero-order chi connectivity index (χ0) is 38.2. The zero-order valence-corrected chi connectivity index (χ0v) is 29.1. The summed E-state index contributed by atoms with van der Waals surface area (Å²) in [7, 11) is 0. The van der Waals surface area contributed by atoms with Crippen molar-refractivity contribution in [2.24, 2.45) is 17.2 Å². The predicted octanol–water partition coefficient (Wildman–Crippen LogP) is -4.37. The highest BCUT2D eigenvalue weighted by atomic mass is 16.6. The Labute approximate surface area is 300 Å². The first kappa shape index (κ1) is 43.9. The molecule has 2 heterocycles. The molecular formula is C30H50N10O12. The van der Waals surface area contributed by atoms with E-state index in [4.69, 9.17) is 51.4 Å². The highest BCUT2D eigenvalue weighted by Gasteiger charge is 2.54. The number of rotatable bonds is 31. The number of nitrogen functional groups attached to an aromatic ring is 1. The van der Waals surface area contributed by atoms with Gasteiger partial charge in [-0.05, 0) is 0 Å². The Bertz CT molecular complexity index is 1340. The van der Waals surface area contributed by atoms with Gasteiger partial charge in [-0.25, -0.2) is 19.7 Å². The van der Waals surface area contributed by atoms with E-state index in [9.17, 15) is 29.1 Å². The summed E-state index contributed by atoms with van der Waals surface area (Å²) in [4.78, 5) is 77.4. The molecule has 2 rings (SSSR count). The third-order valence-electron chi connectivity index (χ3n) is 7.05. The Morgan fingerprint density at radius 3 is 1.96 bits per heavy atom. The van der Waals surface area contributed by atoms with E-state index < -0.39 is 43.0 Å². The Kier molecular flexibility index (Phi) is 21.0. The number of aliphatic carboxylic acids is 1. The summed E-state index contributed by atoms with van der Waals surface area (Å²) in [6.07, 6.45) is 2.67. The van der Waals surface area contributed by atoms with Crippen LogP contribution in [0, 0.1) is 0 Å². The Morgan fingerprint density at radius 1 is 0.769 bits per heavy atom. The molecule has 0 radical (unpaired) electrons. The Balaban J connectivity index is 1.82. The molecule has 52 heavy (non-hydrogen) atoms. The van der Waals surface area contributed by atoms with Gasteiger partial charge in [0.2, 0.25) is 23.4 Å². The fourth-order valence-electron chi connectivity index (χ4n) is 4.45. The van der Waals surface area contributed by atoms with Crippen LogP contribution in [0.1, 0.15) is 6.42 Å². The number of aromatic nitrogens is 4. The Morgan fingerprint density at radius 2 is 1.37 bits per heavy atom. The lowest BCUT2D eigenvalue weighted by Crippen LogP contribution is -2.58. The molecule has 2 aliphatic rings. The van der Waals surface area contributed by atoms with E-state index in [-0.39, 0.29) is 123 Å². The van der Waals surface area contributed by atoms with Crippen molar-refractivity contribution in [3.05, 3.63) is 12.7 Å². The molecule has 2 aliphatic heterocycles. The molecular weight excluding hydrogens is 692 g/mol. The van der Waals surface area contributed by atoms with Gasteiger partial charge in [-0.2, -0.15) is 0 Å². The average molecular weight is 743 g/mol. The standard InChI is InChI=1S/C30H50N10O12/c31-2-7-39(25(44)17-40-21-38-28-26(27(40)34)36-20-37-28)6-1-24(43)35-5-10-49-15-16-52-30(29(45)46,22(41)18-50-13-11-47-8-3-32)23(42)19-51-14-12-48-9-4-33/h20-21H,1-19,31-34H2,(H,35,43)(H,45,46). The second kappa shape index (κ2) is 24.8. The average Bonchev–Trinajstić information content (AvgIpc) is 3.61.